The van der Waals surface area contributed by atoms with E-state index >= 15 is 0 Å². The number of esters is 1. The van der Waals surface area contributed by atoms with E-state index in [9.17, 15) is 4.79 Å². The Morgan fingerprint density at radius 1 is 1.35 bits per heavy atom. The molecule has 0 spiro atoms. The Hall–Kier alpha value is -1.33. The molecule has 148 valence electrons. The van der Waals surface area contributed by atoms with Crippen molar-refractivity contribution in [3.63, 3.8) is 0 Å². The predicted octanol–water partition coefficient (Wildman–Crippen LogP) is 5.73. The SMILES string of the molecule is C=CC[C@@H](CC(=C)[C@H](C)C1=CC(=O)OC(C)(C)O1)O[Si](C)(C)C(C)(C)C. The molecule has 1 aliphatic rings. The number of carbonyl (C=O) groups excluding carboxylic acids is 1. The van der Waals surface area contributed by atoms with Crippen molar-refractivity contribution >= 4 is 14.3 Å². The molecule has 0 saturated heterocycles. The molecule has 0 saturated carbocycles. The second-order valence-electron chi connectivity index (χ2n) is 9.08. The van der Waals surface area contributed by atoms with Gasteiger partial charge in [-0.15, -0.1) is 6.58 Å². The zero-order valence-corrected chi connectivity index (χ0v) is 18.8. The number of carbonyl (C=O) groups is 1. The summed E-state index contributed by atoms with van der Waals surface area (Å²) in [6.45, 7) is 24.8. The van der Waals surface area contributed by atoms with Crippen LogP contribution in [0.2, 0.25) is 18.1 Å². The number of hydrogen-bond donors (Lipinski definition) is 0. The number of rotatable bonds is 8. The fraction of sp³-hybridized carbons (Fsp3) is 0.667. The number of allylic oxidation sites excluding steroid dienone is 1. The fourth-order valence-corrected chi connectivity index (χ4v) is 3.92. The van der Waals surface area contributed by atoms with Gasteiger partial charge in [0.05, 0.1) is 12.2 Å². The van der Waals surface area contributed by atoms with Gasteiger partial charge in [0, 0.05) is 19.8 Å². The molecule has 0 aromatic carbocycles. The van der Waals surface area contributed by atoms with E-state index in [4.69, 9.17) is 13.9 Å². The molecule has 0 aromatic heterocycles. The van der Waals surface area contributed by atoms with E-state index in [2.05, 4.69) is 47.0 Å². The van der Waals surface area contributed by atoms with Gasteiger partial charge >= 0.3 is 5.97 Å². The van der Waals surface area contributed by atoms with E-state index in [1.54, 1.807) is 13.8 Å². The van der Waals surface area contributed by atoms with Gasteiger partial charge in [0.25, 0.3) is 0 Å². The van der Waals surface area contributed by atoms with Crippen molar-refractivity contribution in [2.75, 3.05) is 0 Å². The largest absolute Gasteiger partial charge is 0.456 e. The van der Waals surface area contributed by atoms with Gasteiger partial charge in [-0.05, 0) is 31.0 Å². The zero-order valence-electron chi connectivity index (χ0n) is 17.8. The normalized spacial score (nSPS) is 19.7. The highest BCUT2D eigenvalue weighted by Gasteiger charge is 2.39. The van der Waals surface area contributed by atoms with Gasteiger partial charge in [-0.1, -0.05) is 45.9 Å². The first kappa shape index (κ1) is 22.7. The minimum absolute atomic E-state index is 0.0347. The maximum absolute atomic E-state index is 11.8. The van der Waals surface area contributed by atoms with Crippen LogP contribution in [0.4, 0.5) is 0 Å². The highest BCUT2D eigenvalue weighted by molar-refractivity contribution is 6.74. The van der Waals surface area contributed by atoms with Gasteiger partial charge in [0.2, 0.25) is 5.79 Å². The van der Waals surface area contributed by atoms with Gasteiger partial charge < -0.3 is 13.9 Å². The molecule has 2 atom stereocenters. The van der Waals surface area contributed by atoms with E-state index in [1.807, 2.05) is 13.0 Å². The number of cyclic esters (lactones) is 1. The van der Waals surface area contributed by atoms with Crippen LogP contribution >= 0.6 is 0 Å². The van der Waals surface area contributed by atoms with Crippen LogP contribution in [0.1, 0.15) is 54.4 Å². The second kappa shape index (κ2) is 8.13. The van der Waals surface area contributed by atoms with Crippen molar-refractivity contribution in [2.24, 2.45) is 5.92 Å². The first-order valence-electron chi connectivity index (χ1n) is 9.28. The lowest BCUT2D eigenvalue weighted by Gasteiger charge is -2.40. The van der Waals surface area contributed by atoms with Crippen LogP contribution in [-0.2, 0) is 18.7 Å². The highest BCUT2D eigenvalue weighted by atomic mass is 28.4. The topological polar surface area (TPSA) is 44.8 Å². The quantitative estimate of drug-likeness (QED) is 0.306. The molecule has 0 aliphatic carbocycles. The molecule has 0 fully saturated rings. The first-order chi connectivity index (χ1) is 11.7. The summed E-state index contributed by atoms with van der Waals surface area (Å²) in [5, 5.41) is 0.141. The molecular weight excluding hydrogens is 344 g/mol. The van der Waals surface area contributed by atoms with Crippen molar-refractivity contribution in [2.45, 2.75) is 84.4 Å². The Bertz CT molecular complexity index is 581. The standard InChI is InChI=1S/C21H36O4Si/c1-11-12-17(25-26(9,10)20(4,5)6)13-15(2)16(3)18-14-19(22)24-21(7,8)23-18/h11,14,16-17H,1-2,12-13H2,3-10H3/t16-,17-/m0/s1. The van der Waals surface area contributed by atoms with Crippen LogP contribution < -0.4 is 0 Å². The van der Waals surface area contributed by atoms with Crippen LogP contribution in [-0.4, -0.2) is 26.2 Å². The molecule has 4 nitrogen and oxygen atoms in total. The monoisotopic (exact) mass is 380 g/mol. The van der Waals surface area contributed by atoms with Gasteiger partial charge in [-0.25, -0.2) is 4.79 Å². The average Bonchev–Trinajstić information content (AvgIpc) is 2.42. The molecular formula is C21H36O4Si. The van der Waals surface area contributed by atoms with Crippen LogP contribution in [0, 0.1) is 5.92 Å². The summed E-state index contributed by atoms with van der Waals surface area (Å²) in [4.78, 5) is 11.8. The van der Waals surface area contributed by atoms with Crippen molar-refractivity contribution in [1.29, 1.82) is 0 Å². The van der Waals surface area contributed by atoms with E-state index in [1.165, 1.54) is 6.08 Å². The van der Waals surface area contributed by atoms with E-state index in [0.29, 0.717) is 12.2 Å². The third-order valence-electron chi connectivity index (χ3n) is 5.20. The summed E-state index contributed by atoms with van der Waals surface area (Å²) in [5.74, 6) is -0.817. The second-order valence-corrected chi connectivity index (χ2v) is 13.8. The predicted molar refractivity (Wildman–Crippen MR) is 109 cm³/mol. The summed E-state index contributed by atoms with van der Waals surface area (Å²) in [6.07, 6.45) is 4.82. The molecule has 5 heteroatoms. The van der Waals surface area contributed by atoms with Gasteiger partial charge in [0.1, 0.15) is 5.76 Å². The third-order valence-corrected chi connectivity index (χ3v) is 9.73. The van der Waals surface area contributed by atoms with Crippen molar-refractivity contribution in [1.82, 2.24) is 0 Å². The molecule has 0 N–H and O–H groups in total. The molecule has 0 radical (unpaired) electrons. The van der Waals surface area contributed by atoms with Crippen LogP contribution in [0.25, 0.3) is 0 Å². The molecule has 1 aliphatic heterocycles. The van der Waals surface area contributed by atoms with E-state index < -0.39 is 14.1 Å². The first-order valence-corrected chi connectivity index (χ1v) is 12.2. The molecule has 0 aromatic rings. The Morgan fingerprint density at radius 3 is 2.38 bits per heavy atom. The maximum Gasteiger partial charge on any atom is 0.337 e. The van der Waals surface area contributed by atoms with Gasteiger partial charge in [-0.3, -0.25) is 0 Å². The lowest BCUT2D eigenvalue weighted by Crippen LogP contribution is -2.44. The van der Waals surface area contributed by atoms with Crippen molar-refractivity contribution in [3.8, 4) is 0 Å². The maximum atomic E-state index is 11.8. The fourth-order valence-electron chi connectivity index (χ4n) is 2.56. The minimum Gasteiger partial charge on any atom is -0.456 e. The zero-order chi connectivity index (χ0) is 20.3. The minimum atomic E-state index is -1.89. The Kier molecular flexibility index (Phi) is 7.10. The Morgan fingerprint density at radius 2 is 1.92 bits per heavy atom. The summed E-state index contributed by atoms with van der Waals surface area (Å²) in [6, 6.07) is 0. The lowest BCUT2D eigenvalue weighted by atomic mass is 9.93. The van der Waals surface area contributed by atoms with E-state index in [-0.39, 0.29) is 23.0 Å². The molecule has 26 heavy (non-hydrogen) atoms. The molecule has 0 amide bonds. The average molecular weight is 381 g/mol. The number of hydrogen-bond acceptors (Lipinski definition) is 4. The van der Waals surface area contributed by atoms with Gasteiger partial charge in [0.15, 0.2) is 8.32 Å². The molecule has 1 rings (SSSR count). The van der Waals surface area contributed by atoms with Crippen LogP contribution in [0.5, 0.6) is 0 Å². The van der Waals surface area contributed by atoms with Crippen LogP contribution in [0.15, 0.2) is 36.6 Å². The number of ether oxygens (including phenoxy) is 2. The van der Waals surface area contributed by atoms with E-state index in [0.717, 1.165) is 12.0 Å². The molecule has 1 heterocycles. The summed E-state index contributed by atoms with van der Waals surface area (Å²) in [5.41, 5.74) is 0.979. The Labute approximate surface area is 160 Å². The summed E-state index contributed by atoms with van der Waals surface area (Å²) >= 11 is 0. The van der Waals surface area contributed by atoms with Crippen molar-refractivity contribution < 1.29 is 18.7 Å². The molecule has 0 bridgehead atoms. The molecule has 0 unspecified atom stereocenters. The summed E-state index contributed by atoms with van der Waals surface area (Å²) < 4.78 is 17.6. The smallest absolute Gasteiger partial charge is 0.337 e. The van der Waals surface area contributed by atoms with Crippen LogP contribution in [0.3, 0.4) is 0 Å². The summed E-state index contributed by atoms with van der Waals surface area (Å²) in [7, 11) is -1.89. The third kappa shape index (κ3) is 6.13. The lowest BCUT2D eigenvalue weighted by molar-refractivity contribution is -0.207. The highest BCUT2D eigenvalue weighted by Crippen LogP contribution is 2.39. The Balaban J connectivity index is 2.87. The van der Waals surface area contributed by atoms with Gasteiger partial charge in [-0.2, -0.15) is 0 Å². The van der Waals surface area contributed by atoms with Crippen molar-refractivity contribution in [3.05, 3.63) is 36.6 Å².